The van der Waals surface area contributed by atoms with Gasteiger partial charge in [-0.3, -0.25) is 14.6 Å². The maximum Gasteiger partial charge on any atom is 0.257 e. The minimum absolute atomic E-state index is 0.0767. The van der Waals surface area contributed by atoms with Crippen LogP contribution >= 0.6 is 0 Å². The third-order valence-electron chi connectivity index (χ3n) is 4.27. The number of carbonyl (C=O) groups excluding carboxylic acids is 2. The molecule has 0 radical (unpaired) electrons. The van der Waals surface area contributed by atoms with Gasteiger partial charge in [-0.1, -0.05) is 24.3 Å². The summed E-state index contributed by atoms with van der Waals surface area (Å²) in [7, 11) is 0. The van der Waals surface area contributed by atoms with Crippen molar-refractivity contribution in [3.05, 3.63) is 90.3 Å². The number of ether oxygens (including phenoxy) is 2. The van der Waals surface area contributed by atoms with Gasteiger partial charge in [-0.25, -0.2) is 0 Å². The van der Waals surface area contributed by atoms with Crippen molar-refractivity contribution in [3.63, 3.8) is 0 Å². The van der Waals surface area contributed by atoms with Crippen LogP contribution in [-0.2, 0) is 16.2 Å². The van der Waals surface area contributed by atoms with Gasteiger partial charge < -0.3 is 20.1 Å². The van der Waals surface area contributed by atoms with Crippen molar-refractivity contribution in [2.24, 2.45) is 0 Å². The van der Waals surface area contributed by atoms with Crippen molar-refractivity contribution < 1.29 is 19.1 Å². The predicted octanol–water partition coefficient (Wildman–Crippen LogP) is 3.83. The summed E-state index contributed by atoms with van der Waals surface area (Å²) < 4.78 is 11.1. The van der Waals surface area contributed by atoms with Gasteiger partial charge in [0.2, 0.25) is 5.91 Å². The van der Waals surface area contributed by atoms with Gasteiger partial charge in [-0.05, 0) is 55.0 Å². The summed E-state index contributed by atoms with van der Waals surface area (Å²) in [5.74, 6) is 0.750. The molecule has 2 N–H and O–H groups in total. The maximum atomic E-state index is 12.2. The number of benzene rings is 2. The summed E-state index contributed by atoms with van der Waals surface area (Å²) in [4.78, 5) is 28.0. The van der Waals surface area contributed by atoms with Gasteiger partial charge in [0.15, 0.2) is 6.61 Å². The number of nitrogens with one attached hydrogen (secondary N) is 2. The van der Waals surface area contributed by atoms with E-state index in [0.29, 0.717) is 24.6 Å². The number of aromatic nitrogens is 1. The first-order valence-corrected chi connectivity index (χ1v) is 10.2. The molecular formula is C25H25N3O4. The van der Waals surface area contributed by atoms with E-state index in [9.17, 15) is 9.59 Å². The minimum atomic E-state index is -0.277. The lowest BCUT2D eigenvalue weighted by Crippen LogP contribution is -2.28. The zero-order valence-electron chi connectivity index (χ0n) is 17.8. The molecular weight excluding hydrogens is 406 g/mol. The van der Waals surface area contributed by atoms with E-state index < -0.39 is 0 Å². The Balaban J connectivity index is 1.48. The second-order valence-corrected chi connectivity index (χ2v) is 6.77. The minimum Gasteiger partial charge on any atom is -0.487 e. The van der Waals surface area contributed by atoms with Crippen LogP contribution in [-0.4, -0.2) is 29.9 Å². The first kappa shape index (κ1) is 22.6. The summed E-state index contributed by atoms with van der Waals surface area (Å²) in [5.41, 5.74) is 2.29. The predicted molar refractivity (Wildman–Crippen MR) is 123 cm³/mol. The van der Waals surface area contributed by atoms with Crippen LogP contribution < -0.4 is 20.1 Å². The van der Waals surface area contributed by atoms with E-state index in [4.69, 9.17) is 9.47 Å². The Morgan fingerprint density at radius 1 is 0.969 bits per heavy atom. The molecule has 1 aromatic heterocycles. The summed E-state index contributed by atoms with van der Waals surface area (Å²) in [6, 6.07) is 20.0. The normalized spacial score (nSPS) is 10.5. The molecule has 3 aromatic rings. The van der Waals surface area contributed by atoms with Crippen LogP contribution in [0.4, 0.5) is 5.69 Å². The zero-order valence-corrected chi connectivity index (χ0v) is 17.8. The van der Waals surface area contributed by atoms with Gasteiger partial charge >= 0.3 is 0 Å². The van der Waals surface area contributed by atoms with Crippen molar-refractivity contribution in [1.29, 1.82) is 0 Å². The average molecular weight is 431 g/mol. The maximum absolute atomic E-state index is 12.2. The lowest BCUT2D eigenvalue weighted by Gasteiger charge is -2.08. The molecule has 7 heteroatoms. The van der Waals surface area contributed by atoms with Crippen LogP contribution in [0.5, 0.6) is 11.5 Å². The molecule has 0 bridgehead atoms. The van der Waals surface area contributed by atoms with Crippen LogP contribution in [0.2, 0.25) is 0 Å². The highest BCUT2D eigenvalue weighted by Crippen LogP contribution is 2.18. The van der Waals surface area contributed by atoms with Crippen molar-refractivity contribution >= 4 is 23.6 Å². The Kier molecular flexibility index (Phi) is 8.39. The fraction of sp³-hybridized carbons (Fsp3) is 0.160. The van der Waals surface area contributed by atoms with E-state index in [-0.39, 0.29) is 18.4 Å². The van der Waals surface area contributed by atoms with Crippen LogP contribution in [0.25, 0.3) is 6.08 Å². The van der Waals surface area contributed by atoms with Gasteiger partial charge in [-0.15, -0.1) is 0 Å². The second-order valence-electron chi connectivity index (χ2n) is 6.77. The molecule has 3 rings (SSSR count). The smallest absolute Gasteiger partial charge is 0.257 e. The van der Waals surface area contributed by atoms with Crippen molar-refractivity contribution in [1.82, 2.24) is 10.3 Å². The molecule has 0 unspecified atom stereocenters. The summed E-state index contributed by atoms with van der Waals surface area (Å²) in [5, 5.41) is 5.44. The molecule has 32 heavy (non-hydrogen) atoms. The molecule has 2 aromatic carbocycles. The van der Waals surface area contributed by atoms with Gasteiger partial charge in [0.05, 0.1) is 5.69 Å². The largest absolute Gasteiger partial charge is 0.487 e. The Bertz CT molecular complexity index is 1050. The molecule has 0 aliphatic carbocycles. The van der Waals surface area contributed by atoms with E-state index >= 15 is 0 Å². The van der Waals surface area contributed by atoms with Crippen LogP contribution in [0, 0.1) is 0 Å². The highest BCUT2D eigenvalue weighted by Gasteiger charge is 2.04. The van der Waals surface area contributed by atoms with Crippen molar-refractivity contribution in [2.75, 3.05) is 18.5 Å². The monoisotopic (exact) mass is 431 g/mol. The van der Waals surface area contributed by atoms with Crippen LogP contribution in [0.15, 0.2) is 79.0 Å². The van der Waals surface area contributed by atoms with Gasteiger partial charge in [0.25, 0.3) is 5.91 Å². The highest BCUT2D eigenvalue weighted by molar-refractivity contribution is 6.02. The number of hydrogen-bond donors (Lipinski definition) is 2. The van der Waals surface area contributed by atoms with E-state index in [1.165, 1.54) is 6.08 Å². The fourth-order valence-corrected chi connectivity index (χ4v) is 2.73. The Morgan fingerprint density at radius 2 is 1.81 bits per heavy atom. The molecule has 0 aliphatic rings. The first-order chi connectivity index (χ1) is 15.6. The first-order valence-electron chi connectivity index (χ1n) is 10.2. The fourth-order valence-electron chi connectivity index (χ4n) is 2.73. The van der Waals surface area contributed by atoms with E-state index in [1.54, 1.807) is 36.5 Å². The highest BCUT2D eigenvalue weighted by atomic mass is 16.5. The molecule has 7 nitrogen and oxygen atoms in total. The van der Waals surface area contributed by atoms with E-state index in [0.717, 1.165) is 17.0 Å². The number of nitrogens with zero attached hydrogens (tertiary/aromatic N) is 1. The summed E-state index contributed by atoms with van der Waals surface area (Å²) >= 11 is 0. The second kappa shape index (κ2) is 11.9. The third kappa shape index (κ3) is 7.60. The molecule has 1 heterocycles. The molecule has 0 saturated carbocycles. The lowest BCUT2D eigenvalue weighted by molar-refractivity contribution is -0.123. The Labute approximate surface area is 187 Å². The average Bonchev–Trinajstić information content (AvgIpc) is 2.82. The number of hydrogen-bond acceptors (Lipinski definition) is 5. The molecule has 2 amide bonds. The quantitative estimate of drug-likeness (QED) is 0.476. The van der Waals surface area contributed by atoms with Crippen LogP contribution in [0.3, 0.4) is 0 Å². The zero-order chi connectivity index (χ0) is 22.6. The molecule has 0 atom stereocenters. The molecule has 0 fully saturated rings. The molecule has 164 valence electrons. The third-order valence-corrected chi connectivity index (χ3v) is 4.27. The summed E-state index contributed by atoms with van der Waals surface area (Å²) in [6.45, 7) is 2.70. The van der Waals surface area contributed by atoms with Crippen molar-refractivity contribution in [2.45, 2.75) is 13.5 Å². The van der Waals surface area contributed by atoms with E-state index in [1.807, 2.05) is 49.4 Å². The van der Waals surface area contributed by atoms with Crippen LogP contribution in [0.1, 0.15) is 18.2 Å². The lowest BCUT2D eigenvalue weighted by atomic mass is 10.2. The Hall–Kier alpha value is -4.13. The van der Waals surface area contributed by atoms with E-state index in [2.05, 4.69) is 15.6 Å². The number of anilines is 1. The summed E-state index contributed by atoms with van der Waals surface area (Å²) in [6.07, 6.45) is 4.90. The number of carbonyl (C=O) groups is 2. The number of amides is 2. The standard InChI is InChI=1S/C25H25N3O4/c1-2-26-25(30)18-32-23-8-5-7-20(16-23)28-24(29)14-11-19-9-12-22(13-10-19)31-17-21-6-3-4-15-27-21/h3-16H,2,17-18H2,1H3,(H,26,30)(H,28,29)/b14-11+. The van der Waals surface area contributed by atoms with Gasteiger partial charge in [0.1, 0.15) is 18.1 Å². The van der Waals surface area contributed by atoms with Crippen molar-refractivity contribution in [3.8, 4) is 11.5 Å². The van der Waals surface area contributed by atoms with Gasteiger partial charge in [0, 0.05) is 30.6 Å². The Morgan fingerprint density at radius 3 is 2.56 bits per heavy atom. The van der Waals surface area contributed by atoms with Gasteiger partial charge in [-0.2, -0.15) is 0 Å². The molecule has 0 spiro atoms. The SMILES string of the molecule is CCNC(=O)COc1cccc(NC(=O)/C=C/c2ccc(OCc3ccccn3)cc2)c1. The number of pyridine rings is 1. The molecule has 0 aliphatic heterocycles. The topological polar surface area (TPSA) is 89.6 Å². The molecule has 0 saturated heterocycles. The number of rotatable bonds is 10. The number of likely N-dealkylation sites (N-methyl/N-ethyl adjacent to an activating group) is 1.